The molecule has 0 aliphatic carbocycles. The molecule has 0 bridgehead atoms. The van der Waals surface area contributed by atoms with Crippen LogP contribution < -0.4 is 5.32 Å². The number of likely N-dealkylation sites (tertiary alicyclic amines) is 1. The summed E-state index contributed by atoms with van der Waals surface area (Å²) in [5, 5.41) is 10.4. The van der Waals surface area contributed by atoms with E-state index >= 15 is 0 Å². The van der Waals surface area contributed by atoms with E-state index in [1.165, 1.54) is 21.7 Å². The van der Waals surface area contributed by atoms with Crippen molar-refractivity contribution in [1.29, 1.82) is 0 Å². The summed E-state index contributed by atoms with van der Waals surface area (Å²) in [6.07, 6.45) is 1.32. The van der Waals surface area contributed by atoms with Gasteiger partial charge in [-0.1, -0.05) is 17.9 Å². The Balaban J connectivity index is 1.95. The van der Waals surface area contributed by atoms with Crippen molar-refractivity contribution < 1.29 is 14.0 Å². The van der Waals surface area contributed by atoms with Gasteiger partial charge in [-0.3, -0.25) is 9.59 Å². The molecule has 1 aromatic rings. The van der Waals surface area contributed by atoms with Gasteiger partial charge in [0.15, 0.2) is 5.83 Å². The molecule has 1 N–H and O–H groups in total. The molecule has 6 nitrogen and oxygen atoms in total. The van der Waals surface area contributed by atoms with Crippen LogP contribution in [-0.4, -0.2) is 40.0 Å². The van der Waals surface area contributed by atoms with Crippen LogP contribution in [0.4, 0.5) is 9.52 Å². The minimum absolute atomic E-state index is 0.201. The molecule has 2 rings (SSSR count). The average molecular weight is 284 g/mol. The number of anilines is 1. The number of hydrogen-bond donors (Lipinski definition) is 1. The van der Waals surface area contributed by atoms with E-state index in [2.05, 4.69) is 22.1 Å². The Morgan fingerprint density at radius 2 is 2.37 bits per heavy atom. The third kappa shape index (κ3) is 3.34. The lowest BCUT2D eigenvalue weighted by Gasteiger charge is -2.31. The molecule has 1 aliphatic rings. The molecule has 1 aliphatic heterocycles. The molecule has 0 spiro atoms. The number of nitrogens with one attached hydrogen (secondary N) is 1. The van der Waals surface area contributed by atoms with E-state index in [0.717, 1.165) is 0 Å². The topological polar surface area (TPSA) is 75.2 Å². The van der Waals surface area contributed by atoms with Gasteiger partial charge in [-0.05, 0) is 12.8 Å². The van der Waals surface area contributed by atoms with Gasteiger partial charge in [-0.2, -0.15) is 0 Å². The first kappa shape index (κ1) is 13.6. The molecule has 19 heavy (non-hydrogen) atoms. The molecule has 102 valence electrons. The second-order valence-corrected chi connectivity index (χ2v) is 5.06. The van der Waals surface area contributed by atoms with Crippen LogP contribution in [0.25, 0.3) is 0 Å². The summed E-state index contributed by atoms with van der Waals surface area (Å²) in [7, 11) is 0. The third-order valence-corrected chi connectivity index (χ3v) is 3.51. The Hall–Kier alpha value is -1.83. The van der Waals surface area contributed by atoms with Gasteiger partial charge in [0.25, 0.3) is 5.91 Å². The summed E-state index contributed by atoms with van der Waals surface area (Å²) in [5.41, 5.74) is 1.51. The molecule has 1 fully saturated rings. The van der Waals surface area contributed by atoms with Crippen molar-refractivity contribution >= 4 is 28.3 Å². The monoisotopic (exact) mass is 284 g/mol. The van der Waals surface area contributed by atoms with Crippen molar-refractivity contribution in [2.24, 2.45) is 5.92 Å². The Kier molecular flexibility index (Phi) is 4.20. The van der Waals surface area contributed by atoms with Crippen LogP contribution in [0.15, 0.2) is 17.9 Å². The summed E-state index contributed by atoms with van der Waals surface area (Å²) < 4.78 is 12.8. The van der Waals surface area contributed by atoms with Gasteiger partial charge in [0, 0.05) is 13.1 Å². The number of aromatic nitrogens is 2. The van der Waals surface area contributed by atoms with Crippen LogP contribution in [0.1, 0.15) is 12.8 Å². The molecule has 1 saturated heterocycles. The predicted molar refractivity (Wildman–Crippen MR) is 68.1 cm³/mol. The molecular weight excluding hydrogens is 271 g/mol. The molecule has 0 saturated carbocycles. The minimum atomic E-state index is -0.995. The van der Waals surface area contributed by atoms with E-state index in [4.69, 9.17) is 0 Å². The van der Waals surface area contributed by atoms with Crippen LogP contribution in [0, 0.1) is 5.92 Å². The Morgan fingerprint density at radius 3 is 3.00 bits per heavy atom. The SMILES string of the molecule is C=C(F)C(=O)N1CCCC(C(=O)Nc2nncs2)C1. The van der Waals surface area contributed by atoms with Crippen LogP contribution >= 0.6 is 11.3 Å². The van der Waals surface area contributed by atoms with Crippen molar-refractivity contribution in [3.8, 4) is 0 Å². The molecule has 1 atom stereocenters. The molecular formula is C11H13FN4O2S. The highest BCUT2D eigenvalue weighted by atomic mass is 32.1. The molecule has 0 aromatic carbocycles. The summed E-state index contributed by atoms with van der Waals surface area (Å²) in [6, 6.07) is 0. The fourth-order valence-corrected chi connectivity index (χ4v) is 2.43. The predicted octanol–water partition coefficient (Wildman–Crippen LogP) is 1.20. The summed E-state index contributed by atoms with van der Waals surface area (Å²) in [6.45, 7) is 3.64. The zero-order valence-corrected chi connectivity index (χ0v) is 11.0. The Morgan fingerprint density at radius 1 is 1.58 bits per heavy atom. The van der Waals surface area contributed by atoms with E-state index in [1.54, 1.807) is 0 Å². The van der Waals surface area contributed by atoms with Crippen molar-refractivity contribution in [2.75, 3.05) is 18.4 Å². The largest absolute Gasteiger partial charge is 0.336 e. The number of carbonyl (C=O) groups is 2. The second-order valence-electron chi connectivity index (χ2n) is 4.23. The summed E-state index contributed by atoms with van der Waals surface area (Å²) in [5.74, 6) is -2.32. The Labute approximate surface area is 113 Å². The highest BCUT2D eigenvalue weighted by Gasteiger charge is 2.29. The molecule has 2 amide bonds. The zero-order valence-electron chi connectivity index (χ0n) is 10.1. The maximum atomic E-state index is 12.8. The van der Waals surface area contributed by atoms with Crippen molar-refractivity contribution in [1.82, 2.24) is 15.1 Å². The number of hydrogen-bond acceptors (Lipinski definition) is 5. The van der Waals surface area contributed by atoms with Gasteiger partial charge in [-0.25, -0.2) is 4.39 Å². The average Bonchev–Trinajstić information content (AvgIpc) is 2.90. The van der Waals surface area contributed by atoms with Gasteiger partial charge in [-0.15, -0.1) is 10.2 Å². The maximum Gasteiger partial charge on any atom is 0.281 e. The fraction of sp³-hybridized carbons (Fsp3) is 0.455. The van der Waals surface area contributed by atoms with Crippen molar-refractivity contribution in [3.05, 3.63) is 17.9 Å². The summed E-state index contributed by atoms with van der Waals surface area (Å²) in [4.78, 5) is 24.8. The van der Waals surface area contributed by atoms with E-state index < -0.39 is 11.7 Å². The Bertz CT molecular complexity index is 491. The standard InChI is InChI=1S/C11H13FN4O2S/c1-7(12)10(18)16-4-2-3-8(5-16)9(17)14-11-15-13-6-19-11/h6,8H,1-5H2,(H,14,15,17). The van der Waals surface area contributed by atoms with Crippen LogP contribution in [-0.2, 0) is 9.59 Å². The van der Waals surface area contributed by atoms with Crippen LogP contribution in [0.2, 0.25) is 0 Å². The number of halogens is 1. The first-order chi connectivity index (χ1) is 9.08. The number of carbonyl (C=O) groups excluding carboxylic acids is 2. The van der Waals surface area contributed by atoms with E-state index in [9.17, 15) is 14.0 Å². The highest BCUT2D eigenvalue weighted by molar-refractivity contribution is 7.13. The van der Waals surface area contributed by atoms with E-state index in [-0.39, 0.29) is 18.4 Å². The number of nitrogens with zero attached hydrogens (tertiary/aromatic N) is 3. The number of rotatable bonds is 3. The molecule has 1 aromatic heterocycles. The quantitative estimate of drug-likeness (QED) is 0.846. The molecule has 8 heteroatoms. The van der Waals surface area contributed by atoms with Crippen molar-refractivity contribution in [3.63, 3.8) is 0 Å². The first-order valence-corrected chi connectivity index (χ1v) is 6.66. The normalized spacial score (nSPS) is 19.0. The number of amides is 2. The number of piperidine rings is 1. The molecule has 2 heterocycles. The van der Waals surface area contributed by atoms with Gasteiger partial charge in [0.05, 0.1) is 5.92 Å². The van der Waals surface area contributed by atoms with E-state index in [1.807, 2.05) is 0 Å². The first-order valence-electron chi connectivity index (χ1n) is 5.78. The lowest BCUT2D eigenvalue weighted by molar-refractivity contribution is -0.132. The fourth-order valence-electron chi connectivity index (χ4n) is 1.98. The van der Waals surface area contributed by atoms with Gasteiger partial charge in [0.1, 0.15) is 5.51 Å². The van der Waals surface area contributed by atoms with Gasteiger partial charge < -0.3 is 10.2 Å². The maximum absolute atomic E-state index is 12.8. The smallest absolute Gasteiger partial charge is 0.281 e. The van der Waals surface area contributed by atoms with Gasteiger partial charge in [0.2, 0.25) is 11.0 Å². The van der Waals surface area contributed by atoms with Crippen LogP contribution in [0.3, 0.4) is 0 Å². The third-order valence-electron chi connectivity index (χ3n) is 2.90. The highest BCUT2D eigenvalue weighted by Crippen LogP contribution is 2.20. The lowest BCUT2D eigenvalue weighted by Crippen LogP contribution is -2.43. The lowest BCUT2D eigenvalue weighted by atomic mass is 9.97. The van der Waals surface area contributed by atoms with Crippen LogP contribution in [0.5, 0.6) is 0 Å². The zero-order chi connectivity index (χ0) is 13.8. The van der Waals surface area contributed by atoms with Gasteiger partial charge >= 0.3 is 0 Å². The van der Waals surface area contributed by atoms with Crippen molar-refractivity contribution in [2.45, 2.75) is 12.8 Å². The molecule has 0 radical (unpaired) electrons. The van der Waals surface area contributed by atoms with E-state index in [0.29, 0.717) is 24.5 Å². The molecule has 1 unspecified atom stereocenters. The minimum Gasteiger partial charge on any atom is -0.336 e. The summed E-state index contributed by atoms with van der Waals surface area (Å²) >= 11 is 1.22. The second kappa shape index (κ2) is 5.87.